The molecule has 0 unspecified atom stereocenters. The Kier molecular flexibility index (Phi) is 7.44. The molecule has 8 nitrogen and oxygen atoms in total. The van der Waals surface area contributed by atoms with Gasteiger partial charge in [-0.2, -0.15) is 0 Å². The predicted octanol–water partition coefficient (Wildman–Crippen LogP) is 4.73. The molecule has 0 radical (unpaired) electrons. The van der Waals surface area contributed by atoms with Crippen LogP contribution in [0.1, 0.15) is 26.5 Å². The van der Waals surface area contributed by atoms with Crippen LogP contribution in [0.15, 0.2) is 104 Å². The van der Waals surface area contributed by atoms with Gasteiger partial charge in [-0.25, -0.2) is 19.9 Å². The Morgan fingerprint density at radius 2 is 1.44 bits per heavy atom. The molecule has 5 aromatic rings. The van der Waals surface area contributed by atoms with Gasteiger partial charge in [-0.3, -0.25) is 4.98 Å². The fourth-order valence-corrected chi connectivity index (χ4v) is 9.34. The fourth-order valence-electron chi connectivity index (χ4n) is 4.83. The number of nitrogen functional groups attached to an aromatic ring is 1. The van der Waals surface area contributed by atoms with E-state index in [1.165, 1.54) is 10.4 Å². The van der Waals surface area contributed by atoms with E-state index in [1.807, 2.05) is 30.3 Å². The summed E-state index contributed by atoms with van der Waals surface area (Å²) < 4.78 is 7.12. The first kappa shape index (κ1) is 26.1. The molecule has 0 aliphatic heterocycles. The zero-order valence-corrected chi connectivity index (χ0v) is 23.2. The smallest absolute Gasteiger partial charge is 0.261 e. The fraction of sp³-hybridized carbons (Fsp3) is 0.167. The van der Waals surface area contributed by atoms with Crippen molar-refractivity contribution in [2.24, 2.45) is 0 Å². The molecular formula is C30H31N7OSi. The first-order valence-corrected chi connectivity index (χ1v) is 14.6. The Labute approximate surface area is 229 Å². The lowest BCUT2D eigenvalue weighted by Gasteiger charge is -2.43. The summed E-state index contributed by atoms with van der Waals surface area (Å²) in [6, 6.07) is 26.6. The van der Waals surface area contributed by atoms with Crippen LogP contribution < -0.4 is 21.4 Å². The summed E-state index contributed by atoms with van der Waals surface area (Å²) in [5.41, 5.74) is 8.98. The van der Waals surface area contributed by atoms with Crippen molar-refractivity contribution in [2.75, 3.05) is 11.1 Å². The quantitative estimate of drug-likeness (QED) is 0.275. The number of nitrogens with one attached hydrogen (secondary N) is 1. The zero-order chi connectivity index (χ0) is 27.3. The Morgan fingerprint density at radius 3 is 2.05 bits per heavy atom. The highest BCUT2D eigenvalue weighted by atomic mass is 28.4. The Hall–Kier alpha value is -4.47. The van der Waals surface area contributed by atoms with Gasteiger partial charge in [0.25, 0.3) is 8.32 Å². The lowest BCUT2D eigenvalue weighted by molar-refractivity contribution is 0.282. The SMILES string of the molecule is CC(C)(C)[Si](OCc1nc(N)ncc1-c1ccnc(Nc2ccncc2)n1)(c1ccccc1)c1ccccc1. The first-order valence-electron chi connectivity index (χ1n) is 12.7. The molecule has 0 saturated heterocycles. The molecule has 9 heteroatoms. The van der Waals surface area contributed by atoms with Crippen molar-refractivity contribution >= 4 is 36.3 Å². The number of benzene rings is 2. The minimum Gasteiger partial charge on any atom is -0.401 e. The zero-order valence-electron chi connectivity index (χ0n) is 22.2. The molecule has 39 heavy (non-hydrogen) atoms. The Bertz CT molecular complexity index is 1490. The molecule has 0 saturated carbocycles. The number of anilines is 3. The van der Waals surface area contributed by atoms with E-state index in [0.29, 0.717) is 17.3 Å². The summed E-state index contributed by atoms with van der Waals surface area (Å²) >= 11 is 0. The molecule has 0 amide bonds. The lowest BCUT2D eigenvalue weighted by Crippen LogP contribution is -2.66. The predicted molar refractivity (Wildman–Crippen MR) is 157 cm³/mol. The van der Waals surface area contributed by atoms with Gasteiger partial charge in [0, 0.05) is 36.0 Å². The molecule has 3 aromatic heterocycles. The van der Waals surface area contributed by atoms with Crippen molar-refractivity contribution in [2.45, 2.75) is 32.4 Å². The monoisotopic (exact) mass is 533 g/mol. The number of rotatable bonds is 8. The Balaban J connectivity index is 1.55. The minimum absolute atomic E-state index is 0.176. The molecule has 3 heterocycles. The van der Waals surface area contributed by atoms with E-state index in [-0.39, 0.29) is 17.6 Å². The molecule has 5 rings (SSSR count). The van der Waals surface area contributed by atoms with E-state index in [1.54, 1.807) is 24.8 Å². The van der Waals surface area contributed by atoms with Gasteiger partial charge in [0.1, 0.15) is 0 Å². The molecule has 0 spiro atoms. The second-order valence-corrected chi connectivity index (χ2v) is 14.5. The largest absolute Gasteiger partial charge is 0.401 e. The highest BCUT2D eigenvalue weighted by Crippen LogP contribution is 2.37. The maximum atomic E-state index is 7.12. The number of nitrogens with zero attached hydrogens (tertiary/aromatic N) is 5. The molecule has 0 atom stereocenters. The number of aromatic nitrogens is 5. The Morgan fingerprint density at radius 1 is 0.795 bits per heavy atom. The van der Waals surface area contributed by atoms with Crippen LogP contribution in [0.3, 0.4) is 0 Å². The van der Waals surface area contributed by atoms with Crippen molar-refractivity contribution in [1.82, 2.24) is 24.9 Å². The van der Waals surface area contributed by atoms with E-state index < -0.39 is 8.32 Å². The highest BCUT2D eigenvalue weighted by Gasteiger charge is 2.50. The summed E-state index contributed by atoms with van der Waals surface area (Å²) in [7, 11) is -2.79. The molecular weight excluding hydrogens is 502 g/mol. The van der Waals surface area contributed by atoms with E-state index in [9.17, 15) is 0 Å². The first-order chi connectivity index (χ1) is 18.9. The third kappa shape index (κ3) is 5.54. The summed E-state index contributed by atoms with van der Waals surface area (Å²) in [6.45, 7) is 6.98. The second kappa shape index (κ2) is 11.1. The lowest BCUT2D eigenvalue weighted by atomic mass is 10.1. The minimum atomic E-state index is -2.79. The summed E-state index contributed by atoms with van der Waals surface area (Å²) in [6.07, 6.45) is 6.82. The maximum absolute atomic E-state index is 7.12. The molecule has 0 bridgehead atoms. The molecule has 0 aliphatic rings. The average Bonchev–Trinajstić information content (AvgIpc) is 2.95. The van der Waals surface area contributed by atoms with Crippen LogP contribution in [0.5, 0.6) is 0 Å². The van der Waals surface area contributed by atoms with Gasteiger partial charge >= 0.3 is 0 Å². The normalized spacial score (nSPS) is 11.8. The molecule has 196 valence electrons. The van der Waals surface area contributed by atoms with Gasteiger partial charge in [-0.15, -0.1) is 0 Å². The van der Waals surface area contributed by atoms with Crippen LogP contribution in [-0.2, 0) is 11.0 Å². The molecule has 0 fully saturated rings. The third-order valence-corrected chi connectivity index (χ3v) is 11.6. The van der Waals surface area contributed by atoms with Gasteiger partial charge in [-0.1, -0.05) is 81.4 Å². The summed E-state index contributed by atoms with van der Waals surface area (Å²) in [4.78, 5) is 22.0. The number of nitrogens with two attached hydrogens (primary N) is 1. The highest BCUT2D eigenvalue weighted by molar-refractivity contribution is 6.99. The van der Waals surface area contributed by atoms with Crippen LogP contribution in [0, 0.1) is 0 Å². The van der Waals surface area contributed by atoms with Crippen molar-refractivity contribution in [3.8, 4) is 11.3 Å². The number of pyridine rings is 1. The van der Waals surface area contributed by atoms with E-state index in [0.717, 1.165) is 11.3 Å². The number of hydrogen-bond donors (Lipinski definition) is 2. The van der Waals surface area contributed by atoms with Gasteiger partial charge in [0.2, 0.25) is 11.9 Å². The third-order valence-electron chi connectivity index (χ3n) is 6.60. The molecule has 3 N–H and O–H groups in total. The van der Waals surface area contributed by atoms with Crippen LogP contribution >= 0.6 is 0 Å². The van der Waals surface area contributed by atoms with Gasteiger partial charge in [0.05, 0.1) is 18.0 Å². The molecule has 0 aliphatic carbocycles. The molecule has 2 aromatic carbocycles. The van der Waals surface area contributed by atoms with Gasteiger partial charge < -0.3 is 15.5 Å². The van der Waals surface area contributed by atoms with Crippen molar-refractivity contribution in [3.05, 3.63) is 109 Å². The van der Waals surface area contributed by atoms with E-state index in [4.69, 9.17) is 15.1 Å². The van der Waals surface area contributed by atoms with E-state index >= 15 is 0 Å². The topological polar surface area (TPSA) is 112 Å². The second-order valence-electron chi connectivity index (χ2n) is 10.2. The van der Waals surface area contributed by atoms with Crippen LogP contribution in [0.4, 0.5) is 17.6 Å². The van der Waals surface area contributed by atoms with Gasteiger partial charge in [-0.05, 0) is 33.6 Å². The van der Waals surface area contributed by atoms with Crippen molar-refractivity contribution in [3.63, 3.8) is 0 Å². The standard InChI is InChI=1S/C30H31N7OSi/c1-30(2,3)39(23-10-6-4-7-11-23,24-12-8-5-9-13-24)38-21-27-25(20-34-28(31)36-27)26-16-19-33-29(37-26)35-22-14-17-32-18-15-22/h4-20H,21H2,1-3H3,(H2,31,34,36)(H,32,33,35,37). The van der Waals surface area contributed by atoms with Crippen LogP contribution in [0.25, 0.3) is 11.3 Å². The van der Waals surface area contributed by atoms with Crippen molar-refractivity contribution < 1.29 is 4.43 Å². The van der Waals surface area contributed by atoms with E-state index in [2.05, 4.69) is 94.6 Å². The van der Waals surface area contributed by atoms with Gasteiger partial charge in [0.15, 0.2) is 0 Å². The van der Waals surface area contributed by atoms with Crippen LogP contribution in [-0.4, -0.2) is 33.2 Å². The maximum Gasteiger partial charge on any atom is 0.261 e. The van der Waals surface area contributed by atoms with Crippen LogP contribution in [0.2, 0.25) is 5.04 Å². The average molecular weight is 534 g/mol. The summed E-state index contributed by atoms with van der Waals surface area (Å²) in [5.74, 6) is 0.637. The summed E-state index contributed by atoms with van der Waals surface area (Å²) in [5, 5.41) is 5.42. The van der Waals surface area contributed by atoms with Crippen molar-refractivity contribution in [1.29, 1.82) is 0 Å². The number of hydrogen-bond acceptors (Lipinski definition) is 8.